The summed E-state index contributed by atoms with van der Waals surface area (Å²) in [7, 11) is -1.41. The van der Waals surface area contributed by atoms with E-state index in [9.17, 15) is 9.00 Å². The van der Waals surface area contributed by atoms with Gasteiger partial charge in [-0.1, -0.05) is 54.9 Å². The summed E-state index contributed by atoms with van der Waals surface area (Å²) in [6.07, 6.45) is 1.70. The van der Waals surface area contributed by atoms with Crippen molar-refractivity contribution < 1.29 is 4.21 Å². The van der Waals surface area contributed by atoms with Gasteiger partial charge in [0, 0.05) is 28.5 Å². The number of fused-ring (bicyclic) bond motifs is 2. The van der Waals surface area contributed by atoms with Crippen LogP contribution in [0.2, 0.25) is 5.02 Å². The Morgan fingerprint density at radius 1 is 0.969 bits per heavy atom. The molecule has 1 unspecified atom stereocenters. The highest BCUT2D eigenvalue weighted by Gasteiger charge is 2.17. The average Bonchev–Trinajstić information content (AvgIpc) is 2.83. The summed E-state index contributed by atoms with van der Waals surface area (Å²) < 4.78 is 12.3. The maximum absolute atomic E-state index is 12.5. The lowest BCUT2D eigenvalue weighted by molar-refractivity contribution is 0.683. The Labute approximate surface area is 190 Å². The Morgan fingerprint density at radius 2 is 1.75 bits per heavy atom. The van der Waals surface area contributed by atoms with E-state index in [2.05, 4.69) is 9.97 Å². The zero-order valence-electron chi connectivity index (χ0n) is 17.0. The minimum atomic E-state index is -1.41. The molecule has 0 amide bonds. The van der Waals surface area contributed by atoms with E-state index < -0.39 is 16.4 Å². The molecule has 0 radical (unpaired) electrons. The second-order valence-corrected chi connectivity index (χ2v) is 9.27. The van der Waals surface area contributed by atoms with E-state index in [0.717, 1.165) is 16.5 Å². The maximum Gasteiger partial charge on any atom is 0.265 e. The number of nitrogens with one attached hydrogen (secondary N) is 1. The van der Waals surface area contributed by atoms with E-state index in [1.165, 1.54) is 0 Å². The Balaban J connectivity index is 1.84. The molecule has 5 rings (SSSR count). The van der Waals surface area contributed by atoms with Crippen LogP contribution in [0.4, 0.5) is 0 Å². The SMILES string of the molecule is CCS(=O)c1cc2nc(-c3cc(Cl)c4ncccc4c3)c(-c3ccccc3)nc2[nH]c1=O. The average molecular weight is 461 g/mol. The van der Waals surface area contributed by atoms with E-state index in [0.29, 0.717) is 38.8 Å². The molecule has 0 saturated carbocycles. The van der Waals surface area contributed by atoms with Crippen LogP contribution in [-0.4, -0.2) is 29.9 Å². The van der Waals surface area contributed by atoms with Crippen molar-refractivity contribution >= 4 is 44.5 Å². The van der Waals surface area contributed by atoms with Gasteiger partial charge >= 0.3 is 0 Å². The molecule has 158 valence electrons. The molecule has 5 aromatic rings. The predicted molar refractivity (Wildman–Crippen MR) is 128 cm³/mol. The van der Waals surface area contributed by atoms with Crippen LogP contribution in [0.25, 0.3) is 44.6 Å². The topological polar surface area (TPSA) is 88.6 Å². The van der Waals surface area contributed by atoms with Gasteiger partial charge in [0.15, 0.2) is 5.65 Å². The predicted octanol–water partition coefficient (Wildman–Crippen LogP) is 4.98. The van der Waals surface area contributed by atoms with Crippen molar-refractivity contribution in [1.82, 2.24) is 19.9 Å². The first-order valence-electron chi connectivity index (χ1n) is 9.98. The van der Waals surface area contributed by atoms with E-state index >= 15 is 0 Å². The smallest absolute Gasteiger partial charge is 0.265 e. The molecule has 3 aromatic heterocycles. The van der Waals surface area contributed by atoms with Crippen molar-refractivity contribution in [2.24, 2.45) is 0 Å². The summed E-state index contributed by atoms with van der Waals surface area (Å²) in [4.78, 5) is 29.4. The van der Waals surface area contributed by atoms with Gasteiger partial charge in [0.25, 0.3) is 5.56 Å². The van der Waals surface area contributed by atoms with Gasteiger partial charge in [0.1, 0.15) is 10.4 Å². The second kappa shape index (κ2) is 8.26. The zero-order valence-corrected chi connectivity index (χ0v) is 18.6. The van der Waals surface area contributed by atoms with Gasteiger partial charge in [-0.05, 0) is 24.3 Å². The lowest BCUT2D eigenvalue weighted by atomic mass is 10.0. The van der Waals surface area contributed by atoms with E-state index in [4.69, 9.17) is 21.6 Å². The third kappa shape index (κ3) is 3.59. The Hall–Kier alpha value is -3.42. The summed E-state index contributed by atoms with van der Waals surface area (Å²) in [6.45, 7) is 1.76. The van der Waals surface area contributed by atoms with Crippen LogP contribution in [0.1, 0.15) is 6.92 Å². The summed E-state index contributed by atoms with van der Waals surface area (Å²) in [5, 5.41) is 1.39. The number of rotatable bonds is 4. The lowest BCUT2D eigenvalue weighted by Gasteiger charge is -2.12. The molecule has 0 spiro atoms. The molecular formula is C24H17ClN4O2S. The lowest BCUT2D eigenvalue weighted by Crippen LogP contribution is -2.15. The van der Waals surface area contributed by atoms with Gasteiger partial charge in [-0.2, -0.15) is 0 Å². The maximum atomic E-state index is 12.5. The minimum absolute atomic E-state index is 0.188. The van der Waals surface area contributed by atoms with Crippen LogP contribution in [0, 0.1) is 0 Å². The Kier molecular flexibility index (Phi) is 5.28. The van der Waals surface area contributed by atoms with Gasteiger partial charge in [-0.25, -0.2) is 9.97 Å². The molecule has 1 N–H and O–H groups in total. The van der Waals surface area contributed by atoms with Crippen LogP contribution in [-0.2, 0) is 10.8 Å². The van der Waals surface area contributed by atoms with Crippen molar-refractivity contribution in [3.8, 4) is 22.5 Å². The quantitative estimate of drug-likeness (QED) is 0.408. The van der Waals surface area contributed by atoms with Crippen LogP contribution < -0.4 is 5.56 Å². The zero-order chi connectivity index (χ0) is 22.2. The fraction of sp³-hybridized carbons (Fsp3) is 0.0833. The number of H-pyrrole nitrogens is 1. The van der Waals surface area contributed by atoms with Gasteiger partial charge in [-0.15, -0.1) is 0 Å². The number of pyridine rings is 2. The molecule has 2 aromatic carbocycles. The molecule has 0 aliphatic heterocycles. The van der Waals surface area contributed by atoms with Crippen molar-refractivity contribution in [3.05, 3.63) is 82.2 Å². The number of benzene rings is 2. The summed E-state index contributed by atoms with van der Waals surface area (Å²) in [5.41, 5.74) is 3.92. The highest BCUT2D eigenvalue weighted by Crippen LogP contribution is 2.34. The number of hydrogen-bond acceptors (Lipinski definition) is 5. The second-order valence-electron chi connectivity index (χ2n) is 7.15. The van der Waals surface area contributed by atoms with Crippen LogP contribution in [0.3, 0.4) is 0 Å². The molecule has 1 atom stereocenters. The van der Waals surface area contributed by atoms with Gasteiger partial charge in [0.2, 0.25) is 0 Å². The highest BCUT2D eigenvalue weighted by molar-refractivity contribution is 7.85. The molecule has 0 bridgehead atoms. The number of nitrogens with zero attached hydrogens (tertiary/aromatic N) is 3. The molecule has 32 heavy (non-hydrogen) atoms. The highest BCUT2D eigenvalue weighted by atomic mass is 35.5. The molecule has 3 heterocycles. The van der Waals surface area contributed by atoms with E-state index in [-0.39, 0.29) is 4.90 Å². The van der Waals surface area contributed by atoms with Gasteiger partial charge in [0.05, 0.1) is 32.7 Å². The molecule has 6 nitrogen and oxygen atoms in total. The Morgan fingerprint density at radius 3 is 2.53 bits per heavy atom. The van der Waals surface area contributed by atoms with Gasteiger partial charge in [-0.3, -0.25) is 14.0 Å². The number of aromatic amines is 1. The largest absolute Gasteiger partial charge is 0.304 e. The van der Waals surface area contributed by atoms with Crippen LogP contribution in [0.5, 0.6) is 0 Å². The molecule has 0 fully saturated rings. The molecular weight excluding hydrogens is 444 g/mol. The molecule has 0 aliphatic carbocycles. The van der Waals surface area contributed by atoms with Gasteiger partial charge < -0.3 is 4.98 Å². The van der Waals surface area contributed by atoms with E-state index in [1.54, 1.807) is 19.2 Å². The van der Waals surface area contributed by atoms with Crippen molar-refractivity contribution in [1.29, 1.82) is 0 Å². The van der Waals surface area contributed by atoms with Crippen LogP contribution >= 0.6 is 11.6 Å². The van der Waals surface area contributed by atoms with Crippen molar-refractivity contribution in [3.63, 3.8) is 0 Å². The third-order valence-corrected chi connectivity index (χ3v) is 6.74. The Bertz CT molecular complexity index is 1570. The first-order valence-corrected chi connectivity index (χ1v) is 11.7. The monoisotopic (exact) mass is 460 g/mol. The molecule has 0 saturated heterocycles. The molecule has 8 heteroatoms. The first-order chi connectivity index (χ1) is 15.5. The number of hydrogen-bond donors (Lipinski definition) is 1. The fourth-order valence-corrected chi connectivity index (χ4v) is 4.69. The van der Waals surface area contributed by atoms with Crippen molar-refractivity contribution in [2.45, 2.75) is 11.8 Å². The van der Waals surface area contributed by atoms with E-state index in [1.807, 2.05) is 54.6 Å². The van der Waals surface area contributed by atoms with Crippen molar-refractivity contribution in [2.75, 3.05) is 5.75 Å². The first kappa shape index (κ1) is 20.5. The fourth-order valence-electron chi connectivity index (χ4n) is 3.61. The standard InChI is InChI=1S/C24H17ClN4O2S/c1-2-32(31)19-13-18-23(29-24(19)30)28-21(14-7-4-3-5-8-14)22(27-18)16-11-15-9-6-10-26-20(15)17(25)12-16/h3-13H,2H2,1H3,(H,28,29,30). The summed E-state index contributed by atoms with van der Waals surface area (Å²) in [6, 6.07) is 18.7. The number of aromatic nitrogens is 4. The third-order valence-electron chi connectivity index (χ3n) is 5.13. The molecule has 0 aliphatic rings. The summed E-state index contributed by atoms with van der Waals surface area (Å²) in [5.74, 6) is 0.338. The minimum Gasteiger partial charge on any atom is -0.304 e. The number of halogens is 1. The normalized spacial score (nSPS) is 12.3. The summed E-state index contributed by atoms with van der Waals surface area (Å²) >= 11 is 6.54. The van der Waals surface area contributed by atoms with Crippen LogP contribution in [0.15, 0.2) is 76.6 Å².